The van der Waals surface area contributed by atoms with E-state index in [2.05, 4.69) is 21.2 Å². The first-order chi connectivity index (χ1) is 14.9. The average molecular weight is 445 g/mol. The quantitative estimate of drug-likeness (QED) is 0.239. The van der Waals surface area contributed by atoms with Crippen LogP contribution in [0, 0.1) is 6.92 Å². The van der Waals surface area contributed by atoms with Crippen molar-refractivity contribution in [2.45, 2.75) is 26.7 Å². The molecule has 3 amide bonds. The Morgan fingerprint density at radius 3 is 2.55 bits per heavy atom. The van der Waals surface area contributed by atoms with E-state index < -0.39 is 11.8 Å². The monoisotopic (exact) mass is 444 g/mol. The summed E-state index contributed by atoms with van der Waals surface area (Å²) in [6.45, 7) is 4.09. The first-order valence-corrected chi connectivity index (χ1v) is 10.2. The Kier molecular flexibility index (Phi) is 9.51. The summed E-state index contributed by atoms with van der Waals surface area (Å²) in [7, 11) is 0. The van der Waals surface area contributed by atoms with Crippen LogP contribution in [0.5, 0.6) is 5.75 Å². The van der Waals surface area contributed by atoms with E-state index >= 15 is 0 Å². The highest BCUT2D eigenvalue weighted by Crippen LogP contribution is 2.22. The van der Waals surface area contributed by atoms with Crippen molar-refractivity contribution in [2.75, 3.05) is 18.5 Å². The smallest absolute Gasteiger partial charge is 0.329 e. The standard InChI is InChI=1S/C22H25ClN4O4/c1-3-4-12-24-21(29)22(30)27-25-13-16-8-10-17(11-9-16)31-14-20(28)26-19-7-5-6-18(23)15(19)2/h5-11,13H,3-4,12,14H2,1-2H3,(H,24,29)(H,26,28)(H,27,30)/b25-13-. The van der Waals surface area contributed by atoms with Gasteiger partial charge in [0, 0.05) is 17.3 Å². The summed E-state index contributed by atoms with van der Waals surface area (Å²) in [6, 6.07) is 12.0. The van der Waals surface area contributed by atoms with E-state index in [-0.39, 0.29) is 12.5 Å². The fourth-order valence-electron chi connectivity index (χ4n) is 2.40. The third-order valence-electron chi connectivity index (χ3n) is 4.19. The van der Waals surface area contributed by atoms with Gasteiger partial charge in [-0.3, -0.25) is 14.4 Å². The topological polar surface area (TPSA) is 109 Å². The lowest BCUT2D eigenvalue weighted by Crippen LogP contribution is -2.38. The normalized spacial score (nSPS) is 10.5. The summed E-state index contributed by atoms with van der Waals surface area (Å²) in [4.78, 5) is 35.2. The second-order valence-corrected chi connectivity index (χ2v) is 7.03. The first-order valence-electron chi connectivity index (χ1n) is 9.79. The number of nitrogens with one attached hydrogen (secondary N) is 3. The van der Waals surface area contributed by atoms with Gasteiger partial charge in [0.15, 0.2) is 6.61 Å². The molecule has 0 heterocycles. The Bertz CT molecular complexity index is 945. The van der Waals surface area contributed by atoms with Crippen LogP contribution in [0.1, 0.15) is 30.9 Å². The van der Waals surface area contributed by atoms with Gasteiger partial charge in [0.05, 0.1) is 6.21 Å². The number of ether oxygens (including phenoxy) is 1. The van der Waals surface area contributed by atoms with Crippen molar-refractivity contribution in [3.63, 3.8) is 0 Å². The molecule has 164 valence electrons. The summed E-state index contributed by atoms with van der Waals surface area (Å²) in [5.41, 5.74) is 4.26. The van der Waals surface area contributed by atoms with Crippen molar-refractivity contribution in [1.82, 2.24) is 10.7 Å². The molecule has 0 spiro atoms. The van der Waals surface area contributed by atoms with Gasteiger partial charge in [0.25, 0.3) is 5.91 Å². The number of amides is 3. The molecule has 31 heavy (non-hydrogen) atoms. The van der Waals surface area contributed by atoms with E-state index in [4.69, 9.17) is 16.3 Å². The van der Waals surface area contributed by atoms with Gasteiger partial charge in [-0.1, -0.05) is 31.0 Å². The molecule has 0 fully saturated rings. The van der Waals surface area contributed by atoms with E-state index in [0.29, 0.717) is 28.6 Å². The highest BCUT2D eigenvalue weighted by molar-refractivity contribution is 6.35. The summed E-state index contributed by atoms with van der Waals surface area (Å²) in [5, 5.41) is 9.59. The minimum atomic E-state index is -0.826. The number of carbonyl (C=O) groups is 3. The lowest BCUT2D eigenvalue weighted by Gasteiger charge is -2.10. The lowest BCUT2D eigenvalue weighted by atomic mass is 10.2. The number of hydrogen-bond donors (Lipinski definition) is 3. The fraction of sp³-hybridized carbons (Fsp3) is 0.273. The summed E-state index contributed by atoms with van der Waals surface area (Å²) in [6.07, 6.45) is 3.13. The second kappa shape index (κ2) is 12.3. The highest BCUT2D eigenvalue weighted by Gasteiger charge is 2.11. The van der Waals surface area contributed by atoms with Crippen LogP contribution in [-0.4, -0.2) is 37.1 Å². The number of hydrazone groups is 1. The number of rotatable bonds is 9. The number of benzene rings is 2. The third kappa shape index (κ3) is 8.10. The molecule has 0 aliphatic rings. The van der Waals surface area contributed by atoms with Crippen LogP contribution >= 0.6 is 11.6 Å². The van der Waals surface area contributed by atoms with Gasteiger partial charge < -0.3 is 15.4 Å². The molecular formula is C22H25ClN4O4. The molecule has 0 atom stereocenters. The maximum absolute atomic E-state index is 12.1. The Hall–Kier alpha value is -3.39. The SMILES string of the molecule is CCCCNC(=O)C(=O)N/N=C\c1ccc(OCC(=O)Nc2cccc(Cl)c2C)cc1. The minimum Gasteiger partial charge on any atom is -0.484 e. The number of carbonyl (C=O) groups excluding carboxylic acids is 3. The second-order valence-electron chi connectivity index (χ2n) is 6.63. The van der Waals surface area contributed by atoms with Crippen LogP contribution in [-0.2, 0) is 14.4 Å². The largest absolute Gasteiger partial charge is 0.484 e. The maximum atomic E-state index is 12.1. The van der Waals surface area contributed by atoms with E-state index in [1.54, 1.807) is 42.5 Å². The van der Waals surface area contributed by atoms with Gasteiger partial charge in [-0.05, 0) is 60.9 Å². The molecule has 2 rings (SSSR count). The van der Waals surface area contributed by atoms with Crippen LogP contribution in [0.15, 0.2) is 47.6 Å². The summed E-state index contributed by atoms with van der Waals surface area (Å²) in [5.74, 6) is -1.36. The van der Waals surface area contributed by atoms with E-state index in [0.717, 1.165) is 18.4 Å². The Labute approximate surface area is 186 Å². The molecular weight excluding hydrogens is 420 g/mol. The van der Waals surface area contributed by atoms with Crippen molar-refractivity contribution in [3.05, 3.63) is 58.6 Å². The maximum Gasteiger partial charge on any atom is 0.329 e. The van der Waals surface area contributed by atoms with Crippen molar-refractivity contribution >= 4 is 41.2 Å². The number of unbranched alkanes of at least 4 members (excludes halogenated alkanes) is 1. The van der Waals surface area contributed by atoms with Gasteiger partial charge in [0.1, 0.15) is 5.75 Å². The molecule has 0 saturated carbocycles. The molecule has 0 saturated heterocycles. The van der Waals surface area contributed by atoms with Gasteiger partial charge >= 0.3 is 11.8 Å². The van der Waals surface area contributed by atoms with Crippen molar-refractivity contribution in [2.24, 2.45) is 5.10 Å². The molecule has 0 unspecified atom stereocenters. The first kappa shape index (κ1) is 23.9. The number of anilines is 1. The van der Waals surface area contributed by atoms with Gasteiger partial charge in [-0.25, -0.2) is 5.43 Å². The molecule has 2 aromatic carbocycles. The van der Waals surface area contributed by atoms with Crippen molar-refractivity contribution < 1.29 is 19.1 Å². The fourth-order valence-corrected chi connectivity index (χ4v) is 2.58. The summed E-state index contributed by atoms with van der Waals surface area (Å²) >= 11 is 6.04. The number of nitrogens with zero attached hydrogens (tertiary/aromatic N) is 1. The molecule has 0 aliphatic carbocycles. The molecule has 2 aromatic rings. The Morgan fingerprint density at radius 2 is 1.84 bits per heavy atom. The molecule has 3 N–H and O–H groups in total. The molecule has 0 radical (unpaired) electrons. The molecule has 0 aromatic heterocycles. The third-order valence-corrected chi connectivity index (χ3v) is 4.60. The predicted molar refractivity (Wildman–Crippen MR) is 120 cm³/mol. The van der Waals surface area contributed by atoms with Crippen molar-refractivity contribution in [1.29, 1.82) is 0 Å². The van der Waals surface area contributed by atoms with Gasteiger partial charge in [0.2, 0.25) is 0 Å². The van der Waals surface area contributed by atoms with Gasteiger partial charge in [-0.2, -0.15) is 5.10 Å². The Morgan fingerprint density at radius 1 is 1.10 bits per heavy atom. The molecule has 9 heteroatoms. The molecule has 0 bridgehead atoms. The van der Waals surface area contributed by atoms with E-state index in [1.807, 2.05) is 13.8 Å². The van der Waals surface area contributed by atoms with Crippen LogP contribution in [0.25, 0.3) is 0 Å². The lowest BCUT2D eigenvalue weighted by molar-refractivity contribution is -0.139. The highest BCUT2D eigenvalue weighted by atomic mass is 35.5. The van der Waals surface area contributed by atoms with Crippen LogP contribution in [0.2, 0.25) is 5.02 Å². The van der Waals surface area contributed by atoms with Crippen LogP contribution in [0.4, 0.5) is 5.69 Å². The van der Waals surface area contributed by atoms with Crippen LogP contribution in [0.3, 0.4) is 0 Å². The molecule has 0 aliphatic heterocycles. The minimum absolute atomic E-state index is 0.164. The Balaban J connectivity index is 1.78. The number of halogens is 1. The zero-order valence-electron chi connectivity index (χ0n) is 17.4. The average Bonchev–Trinajstić information content (AvgIpc) is 2.76. The zero-order chi connectivity index (χ0) is 22.6. The van der Waals surface area contributed by atoms with E-state index in [9.17, 15) is 14.4 Å². The van der Waals surface area contributed by atoms with Crippen molar-refractivity contribution in [3.8, 4) is 5.75 Å². The number of hydrogen-bond acceptors (Lipinski definition) is 5. The van der Waals surface area contributed by atoms with Crippen LogP contribution < -0.4 is 20.8 Å². The summed E-state index contributed by atoms with van der Waals surface area (Å²) < 4.78 is 5.47. The predicted octanol–water partition coefficient (Wildman–Crippen LogP) is 3.03. The van der Waals surface area contributed by atoms with Gasteiger partial charge in [-0.15, -0.1) is 0 Å². The zero-order valence-corrected chi connectivity index (χ0v) is 18.2. The molecule has 8 nitrogen and oxygen atoms in total. The van der Waals surface area contributed by atoms with E-state index in [1.165, 1.54) is 6.21 Å².